The van der Waals surface area contributed by atoms with Crippen LogP contribution in [0.4, 0.5) is 4.79 Å². The number of hydrogen-bond donors (Lipinski definition) is 0. The van der Waals surface area contributed by atoms with E-state index >= 15 is 0 Å². The summed E-state index contributed by atoms with van der Waals surface area (Å²) >= 11 is 0. The lowest BCUT2D eigenvalue weighted by molar-refractivity contribution is -0.230. The number of hydrogen-bond acceptors (Lipinski definition) is 5. The van der Waals surface area contributed by atoms with Crippen LogP contribution in [0.2, 0.25) is 0 Å². The number of amides is 2. The first kappa shape index (κ1) is 13.8. The topological polar surface area (TPSA) is 72.9 Å². The lowest BCUT2D eigenvalue weighted by Gasteiger charge is -2.53. The average Bonchev–Trinajstić information content (AvgIpc) is 2.55. The van der Waals surface area contributed by atoms with Crippen molar-refractivity contribution in [2.24, 2.45) is 0 Å². The van der Waals surface area contributed by atoms with E-state index in [2.05, 4.69) is 0 Å². The third-order valence-corrected chi connectivity index (χ3v) is 3.59. The SMILES string of the molecule is CC(C)(C)OC(=O)N1C(=O)CC[C@@]12C(=O)OC2(C)C. The maximum Gasteiger partial charge on any atom is 0.418 e. The van der Waals surface area contributed by atoms with Gasteiger partial charge >= 0.3 is 12.1 Å². The summed E-state index contributed by atoms with van der Waals surface area (Å²) in [6.07, 6.45) is -0.339. The molecule has 1 spiro atoms. The number of carbonyl (C=O) groups excluding carboxylic acids is 3. The van der Waals surface area contributed by atoms with Crippen molar-refractivity contribution in [2.45, 2.75) is 64.2 Å². The predicted molar refractivity (Wildman–Crippen MR) is 65.2 cm³/mol. The Kier molecular flexibility index (Phi) is 2.70. The van der Waals surface area contributed by atoms with Gasteiger partial charge in [0.05, 0.1) is 0 Å². The third kappa shape index (κ3) is 1.81. The van der Waals surface area contributed by atoms with E-state index in [1.54, 1.807) is 34.6 Å². The predicted octanol–water partition coefficient (Wildman–Crippen LogP) is 1.62. The van der Waals surface area contributed by atoms with Crippen LogP contribution < -0.4 is 0 Å². The number of ether oxygens (including phenoxy) is 2. The maximum absolute atomic E-state index is 12.2. The van der Waals surface area contributed by atoms with E-state index in [1.165, 1.54) is 0 Å². The Bertz CT molecular complexity index is 462. The summed E-state index contributed by atoms with van der Waals surface area (Å²) in [5, 5.41) is 0. The fraction of sp³-hybridized carbons (Fsp3) is 0.769. The average molecular weight is 269 g/mol. The molecular formula is C13H19NO5. The summed E-state index contributed by atoms with van der Waals surface area (Å²) in [4.78, 5) is 37.0. The second-order valence-corrected chi connectivity index (χ2v) is 6.47. The van der Waals surface area contributed by atoms with Crippen molar-refractivity contribution >= 4 is 18.0 Å². The molecule has 2 rings (SSSR count). The van der Waals surface area contributed by atoms with Crippen LogP contribution >= 0.6 is 0 Å². The summed E-state index contributed by atoms with van der Waals surface area (Å²) in [7, 11) is 0. The first-order valence-corrected chi connectivity index (χ1v) is 6.31. The molecule has 19 heavy (non-hydrogen) atoms. The van der Waals surface area contributed by atoms with E-state index in [-0.39, 0.29) is 18.7 Å². The van der Waals surface area contributed by atoms with E-state index in [0.717, 1.165) is 4.90 Å². The summed E-state index contributed by atoms with van der Waals surface area (Å²) in [5.41, 5.74) is -2.79. The van der Waals surface area contributed by atoms with Gasteiger partial charge in [-0.2, -0.15) is 0 Å². The Morgan fingerprint density at radius 1 is 1.32 bits per heavy atom. The van der Waals surface area contributed by atoms with Gasteiger partial charge in [0, 0.05) is 6.42 Å². The van der Waals surface area contributed by atoms with E-state index in [0.29, 0.717) is 0 Å². The first-order valence-electron chi connectivity index (χ1n) is 6.31. The fourth-order valence-corrected chi connectivity index (χ4v) is 2.65. The largest absolute Gasteiger partial charge is 0.455 e. The number of imide groups is 1. The number of rotatable bonds is 0. The minimum Gasteiger partial charge on any atom is -0.455 e. The van der Waals surface area contributed by atoms with Gasteiger partial charge in [0.15, 0.2) is 5.54 Å². The van der Waals surface area contributed by atoms with Crippen molar-refractivity contribution in [1.82, 2.24) is 4.90 Å². The van der Waals surface area contributed by atoms with Gasteiger partial charge in [-0.25, -0.2) is 14.5 Å². The van der Waals surface area contributed by atoms with Crippen molar-refractivity contribution < 1.29 is 23.9 Å². The molecule has 1 atom stereocenters. The molecule has 106 valence electrons. The minimum atomic E-state index is -1.20. The van der Waals surface area contributed by atoms with Gasteiger partial charge < -0.3 is 9.47 Å². The molecule has 2 amide bonds. The maximum atomic E-state index is 12.2. The van der Waals surface area contributed by atoms with Crippen LogP contribution in [0.15, 0.2) is 0 Å². The van der Waals surface area contributed by atoms with E-state index in [1.807, 2.05) is 0 Å². The zero-order valence-corrected chi connectivity index (χ0v) is 11.9. The molecule has 2 heterocycles. The molecule has 2 saturated heterocycles. The molecular weight excluding hydrogens is 250 g/mol. The first-order chi connectivity index (χ1) is 8.51. The lowest BCUT2D eigenvalue weighted by atomic mass is 9.75. The van der Waals surface area contributed by atoms with E-state index in [4.69, 9.17) is 9.47 Å². The van der Waals surface area contributed by atoms with Crippen molar-refractivity contribution in [3.05, 3.63) is 0 Å². The Hall–Kier alpha value is -1.59. The van der Waals surface area contributed by atoms with E-state index < -0.39 is 28.8 Å². The molecule has 6 heteroatoms. The molecule has 2 fully saturated rings. The molecule has 0 unspecified atom stereocenters. The fourth-order valence-electron chi connectivity index (χ4n) is 2.65. The van der Waals surface area contributed by atoms with Crippen LogP contribution in [-0.2, 0) is 19.1 Å². The standard InChI is InChI=1S/C13H19NO5/c1-11(2,3)19-10(17)14-8(15)6-7-13(14)9(16)18-12(13,4)5/h6-7H2,1-5H3/t13-/m0/s1. The van der Waals surface area contributed by atoms with Crippen molar-refractivity contribution in [3.63, 3.8) is 0 Å². The van der Waals surface area contributed by atoms with Crippen LogP contribution in [0, 0.1) is 0 Å². The van der Waals surface area contributed by atoms with Crippen LogP contribution in [0.3, 0.4) is 0 Å². The Morgan fingerprint density at radius 3 is 2.32 bits per heavy atom. The molecule has 0 aliphatic carbocycles. The highest BCUT2D eigenvalue weighted by atomic mass is 16.6. The number of nitrogens with zero attached hydrogens (tertiary/aromatic N) is 1. The van der Waals surface area contributed by atoms with Gasteiger partial charge in [-0.3, -0.25) is 4.79 Å². The summed E-state index contributed by atoms with van der Waals surface area (Å²) in [6, 6.07) is 0. The van der Waals surface area contributed by atoms with E-state index in [9.17, 15) is 14.4 Å². The second-order valence-electron chi connectivity index (χ2n) is 6.47. The molecule has 0 aromatic rings. The van der Waals surface area contributed by atoms with Gasteiger partial charge in [-0.1, -0.05) is 0 Å². The van der Waals surface area contributed by atoms with Gasteiger partial charge in [0.1, 0.15) is 11.2 Å². The molecule has 6 nitrogen and oxygen atoms in total. The Balaban J connectivity index is 2.34. The molecule has 0 radical (unpaired) electrons. The number of carbonyl (C=O) groups is 3. The van der Waals surface area contributed by atoms with Crippen LogP contribution in [0.1, 0.15) is 47.5 Å². The second kappa shape index (κ2) is 3.71. The molecule has 0 aromatic carbocycles. The highest BCUT2D eigenvalue weighted by Crippen LogP contribution is 2.50. The van der Waals surface area contributed by atoms with Gasteiger partial charge in [-0.15, -0.1) is 0 Å². The van der Waals surface area contributed by atoms with Gasteiger partial charge in [0.25, 0.3) is 0 Å². The molecule has 0 aromatic heterocycles. The Morgan fingerprint density at radius 2 is 1.89 bits per heavy atom. The highest BCUT2D eigenvalue weighted by Gasteiger charge is 2.72. The highest BCUT2D eigenvalue weighted by molar-refractivity contribution is 6.05. The van der Waals surface area contributed by atoms with Crippen LogP contribution in [-0.4, -0.2) is 39.6 Å². The zero-order chi connectivity index (χ0) is 14.6. The summed E-state index contributed by atoms with van der Waals surface area (Å²) < 4.78 is 10.3. The normalized spacial score (nSPS) is 29.2. The molecule has 0 N–H and O–H groups in total. The minimum absolute atomic E-state index is 0.151. The van der Waals surface area contributed by atoms with Crippen molar-refractivity contribution in [3.8, 4) is 0 Å². The molecule has 0 bridgehead atoms. The third-order valence-electron chi connectivity index (χ3n) is 3.59. The molecule has 2 aliphatic heterocycles. The number of likely N-dealkylation sites (tertiary alicyclic amines) is 1. The summed E-state index contributed by atoms with van der Waals surface area (Å²) in [6.45, 7) is 8.53. The number of esters is 1. The van der Waals surface area contributed by atoms with Crippen molar-refractivity contribution in [2.75, 3.05) is 0 Å². The van der Waals surface area contributed by atoms with Gasteiger partial charge in [0.2, 0.25) is 5.91 Å². The smallest absolute Gasteiger partial charge is 0.418 e. The van der Waals surface area contributed by atoms with Crippen molar-refractivity contribution in [1.29, 1.82) is 0 Å². The monoisotopic (exact) mass is 269 g/mol. The number of cyclic esters (lactones) is 1. The van der Waals surface area contributed by atoms with Crippen LogP contribution in [0.25, 0.3) is 0 Å². The van der Waals surface area contributed by atoms with Crippen LogP contribution in [0.5, 0.6) is 0 Å². The Labute approximate surface area is 112 Å². The zero-order valence-electron chi connectivity index (χ0n) is 11.9. The lowest BCUT2D eigenvalue weighted by Crippen LogP contribution is -2.76. The summed E-state index contributed by atoms with van der Waals surface area (Å²) in [5.74, 6) is -0.923. The quantitative estimate of drug-likeness (QED) is 0.625. The van der Waals surface area contributed by atoms with Gasteiger partial charge in [-0.05, 0) is 41.0 Å². The molecule has 0 saturated carbocycles. The molecule has 2 aliphatic rings.